The van der Waals surface area contributed by atoms with Gasteiger partial charge in [0.05, 0.1) is 17.7 Å². The van der Waals surface area contributed by atoms with Crippen LogP contribution in [0.15, 0.2) is 60.0 Å². The molecule has 40 heavy (non-hydrogen) atoms. The van der Waals surface area contributed by atoms with E-state index < -0.39 is 11.9 Å². The number of ether oxygens (including phenoxy) is 2. The maximum absolute atomic E-state index is 13.2. The fourth-order valence-electron chi connectivity index (χ4n) is 5.47. The molecule has 6 rings (SSSR count). The fraction of sp³-hybridized carbons (Fsp3) is 0.387. The van der Waals surface area contributed by atoms with E-state index in [-0.39, 0.29) is 11.7 Å². The normalized spacial score (nSPS) is 20.8. The molecular weight excluding hydrogens is 526 g/mol. The molecule has 2 saturated heterocycles. The Morgan fingerprint density at radius 1 is 1.18 bits per heavy atom. The molecule has 0 radical (unpaired) electrons. The first-order chi connectivity index (χ1) is 19.6. The summed E-state index contributed by atoms with van der Waals surface area (Å²) >= 11 is 1.67. The van der Waals surface area contributed by atoms with Gasteiger partial charge in [-0.15, -0.1) is 11.3 Å². The minimum absolute atomic E-state index is 0.0826. The molecule has 3 aliphatic rings. The van der Waals surface area contributed by atoms with Gasteiger partial charge >= 0.3 is 0 Å². The number of piperidine rings is 1. The molecule has 0 aliphatic carbocycles. The predicted molar refractivity (Wildman–Crippen MR) is 153 cm³/mol. The Hall–Kier alpha value is -3.37. The number of hydroxylamine groups is 1. The van der Waals surface area contributed by atoms with Crippen molar-refractivity contribution in [3.8, 4) is 16.3 Å². The molecule has 0 bridgehead atoms. The van der Waals surface area contributed by atoms with Crippen molar-refractivity contribution in [3.05, 3.63) is 76.8 Å². The van der Waals surface area contributed by atoms with Gasteiger partial charge in [0.15, 0.2) is 12.1 Å². The lowest BCUT2D eigenvalue weighted by molar-refractivity contribution is -0.198. The second-order valence-corrected chi connectivity index (χ2v) is 11.5. The average molecular weight is 560 g/mol. The second kappa shape index (κ2) is 12.0. The van der Waals surface area contributed by atoms with Crippen molar-refractivity contribution in [3.63, 3.8) is 0 Å². The molecule has 3 aromatic rings. The lowest BCUT2D eigenvalue weighted by atomic mass is 9.82. The number of carbonyl (C=O) groups excluding carboxylic acids is 2. The van der Waals surface area contributed by atoms with E-state index in [2.05, 4.69) is 27.9 Å². The van der Waals surface area contributed by atoms with Crippen LogP contribution >= 0.6 is 11.3 Å². The van der Waals surface area contributed by atoms with E-state index in [1.165, 1.54) is 6.08 Å². The zero-order valence-corrected chi connectivity index (χ0v) is 23.2. The number of nitrogens with one attached hydrogen (secondary N) is 1. The van der Waals surface area contributed by atoms with Gasteiger partial charge in [-0.3, -0.25) is 14.5 Å². The first-order valence-corrected chi connectivity index (χ1v) is 14.8. The van der Waals surface area contributed by atoms with Crippen LogP contribution in [0.1, 0.15) is 60.1 Å². The summed E-state index contributed by atoms with van der Waals surface area (Å²) in [7, 11) is 0. The van der Waals surface area contributed by atoms with Crippen LogP contribution in [0, 0.1) is 0 Å². The van der Waals surface area contributed by atoms with Gasteiger partial charge in [0.25, 0.3) is 5.91 Å². The Morgan fingerprint density at radius 3 is 2.83 bits per heavy atom. The number of ketones is 1. The quantitative estimate of drug-likeness (QED) is 0.306. The van der Waals surface area contributed by atoms with Crippen LogP contribution in [-0.4, -0.2) is 53.2 Å². The van der Waals surface area contributed by atoms with Crippen molar-refractivity contribution < 1.29 is 23.9 Å². The number of aromatic nitrogens is 1. The number of amides is 1. The number of benzene rings is 2. The van der Waals surface area contributed by atoms with Crippen LogP contribution in [0.25, 0.3) is 16.6 Å². The van der Waals surface area contributed by atoms with Crippen molar-refractivity contribution in [1.29, 1.82) is 0 Å². The van der Waals surface area contributed by atoms with E-state index in [0.717, 1.165) is 73.6 Å². The van der Waals surface area contributed by atoms with Crippen molar-refractivity contribution in [2.24, 2.45) is 0 Å². The molecule has 8 nitrogen and oxygen atoms in total. The first kappa shape index (κ1) is 26.8. The molecule has 1 spiro atoms. The third kappa shape index (κ3) is 6.33. The number of rotatable bonds is 7. The van der Waals surface area contributed by atoms with Crippen molar-refractivity contribution in [2.45, 2.75) is 57.0 Å². The molecule has 1 N–H and O–H groups in total. The maximum Gasteiger partial charge on any atom is 0.267 e. The highest BCUT2D eigenvalue weighted by Crippen LogP contribution is 2.40. The standard InChI is InChI=1S/C31H33N3O5S/c35-26-19-31(13-15-34(16-14-31)20-24-21-40-30(32-24)23-6-2-1-3-7-23)38-27-11-9-22(18-25(26)27)10-12-28(36)33-39-29-8-4-5-17-37-29/h1-3,6-7,9-12,18,21,29H,4-5,8,13-17,19-20H2,(H,33,36). The van der Waals surface area contributed by atoms with E-state index in [4.69, 9.17) is 19.3 Å². The highest BCUT2D eigenvalue weighted by atomic mass is 32.1. The maximum atomic E-state index is 13.2. The van der Waals surface area contributed by atoms with Crippen LogP contribution in [-0.2, 0) is 20.9 Å². The van der Waals surface area contributed by atoms with Gasteiger partial charge in [-0.25, -0.2) is 15.3 Å². The summed E-state index contributed by atoms with van der Waals surface area (Å²) in [5.74, 6) is 0.324. The lowest BCUT2D eigenvalue weighted by Gasteiger charge is -2.43. The van der Waals surface area contributed by atoms with Gasteiger partial charge in [-0.2, -0.15) is 0 Å². The summed E-state index contributed by atoms with van der Waals surface area (Å²) in [6, 6.07) is 15.7. The first-order valence-electron chi connectivity index (χ1n) is 13.9. The summed E-state index contributed by atoms with van der Waals surface area (Å²) in [4.78, 5) is 37.9. The van der Waals surface area contributed by atoms with Gasteiger partial charge in [0, 0.05) is 62.5 Å². The van der Waals surface area contributed by atoms with Crippen LogP contribution < -0.4 is 10.2 Å². The van der Waals surface area contributed by atoms with Crippen molar-refractivity contribution >= 4 is 29.1 Å². The fourth-order valence-corrected chi connectivity index (χ4v) is 6.29. The van der Waals surface area contributed by atoms with Gasteiger partial charge in [0.1, 0.15) is 16.4 Å². The van der Waals surface area contributed by atoms with Gasteiger partial charge in [-0.1, -0.05) is 36.4 Å². The number of Topliss-reactive ketones (excluding diaryl/α,β-unsaturated/α-hetero) is 1. The molecule has 2 fully saturated rings. The Bertz CT molecular complexity index is 1370. The molecule has 4 heterocycles. The van der Waals surface area contributed by atoms with E-state index in [9.17, 15) is 9.59 Å². The lowest BCUT2D eigenvalue weighted by Crippen LogP contribution is -2.50. The van der Waals surface area contributed by atoms with Gasteiger partial charge in [-0.05, 0) is 36.6 Å². The smallest absolute Gasteiger partial charge is 0.267 e. The van der Waals surface area contributed by atoms with E-state index in [1.807, 2.05) is 30.3 Å². The Morgan fingerprint density at radius 2 is 2.02 bits per heavy atom. The van der Waals surface area contributed by atoms with Crippen molar-refractivity contribution in [2.75, 3.05) is 19.7 Å². The number of nitrogens with zero attached hydrogens (tertiary/aromatic N) is 2. The number of carbonyl (C=O) groups is 2. The molecule has 208 valence electrons. The molecule has 1 atom stereocenters. The second-order valence-electron chi connectivity index (χ2n) is 10.6. The number of fused-ring (bicyclic) bond motifs is 1. The van der Waals surface area contributed by atoms with Crippen LogP contribution in [0.4, 0.5) is 0 Å². The van der Waals surface area contributed by atoms with Crippen LogP contribution in [0.3, 0.4) is 0 Å². The highest BCUT2D eigenvalue weighted by molar-refractivity contribution is 7.13. The molecule has 1 unspecified atom stereocenters. The number of hydrogen-bond acceptors (Lipinski definition) is 8. The topological polar surface area (TPSA) is 90.0 Å². The molecule has 2 aromatic carbocycles. The number of likely N-dealkylation sites (tertiary alicyclic amines) is 1. The predicted octanol–water partition coefficient (Wildman–Crippen LogP) is 5.40. The number of thiazole rings is 1. The zero-order valence-electron chi connectivity index (χ0n) is 22.3. The van der Waals surface area contributed by atoms with E-state index in [0.29, 0.717) is 24.3 Å². The molecule has 9 heteroatoms. The monoisotopic (exact) mass is 559 g/mol. The van der Waals surface area contributed by atoms with Crippen LogP contribution in [0.5, 0.6) is 5.75 Å². The minimum Gasteiger partial charge on any atom is -0.486 e. The van der Waals surface area contributed by atoms with E-state index >= 15 is 0 Å². The highest BCUT2D eigenvalue weighted by Gasteiger charge is 2.43. The third-order valence-corrected chi connectivity index (χ3v) is 8.63. The molecule has 1 aromatic heterocycles. The SMILES string of the molecule is O=C(C=Cc1ccc2c(c1)C(=O)CC1(CCN(Cc3csc(-c4ccccc4)n3)CC1)O2)NOC1CCCCO1. The molecule has 3 aliphatic heterocycles. The molecule has 0 saturated carbocycles. The van der Waals surface area contributed by atoms with E-state index in [1.54, 1.807) is 23.5 Å². The summed E-state index contributed by atoms with van der Waals surface area (Å²) in [6.45, 7) is 3.14. The molecule has 1 amide bonds. The third-order valence-electron chi connectivity index (χ3n) is 7.69. The number of hydrogen-bond donors (Lipinski definition) is 1. The van der Waals surface area contributed by atoms with Crippen LogP contribution in [0.2, 0.25) is 0 Å². The zero-order chi connectivity index (χ0) is 27.4. The average Bonchev–Trinajstić information content (AvgIpc) is 3.46. The summed E-state index contributed by atoms with van der Waals surface area (Å²) in [6.07, 6.45) is 7.40. The van der Waals surface area contributed by atoms with Gasteiger partial charge < -0.3 is 9.47 Å². The summed E-state index contributed by atoms with van der Waals surface area (Å²) in [5.41, 5.74) is 5.49. The Balaban J connectivity index is 1.02. The minimum atomic E-state index is -0.465. The van der Waals surface area contributed by atoms with Gasteiger partial charge in [0.2, 0.25) is 0 Å². The largest absolute Gasteiger partial charge is 0.486 e. The van der Waals surface area contributed by atoms with Crippen molar-refractivity contribution in [1.82, 2.24) is 15.4 Å². The molecular formula is C31H33N3O5S. The summed E-state index contributed by atoms with van der Waals surface area (Å²) < 4.78 is 11.9. The Kier molecular flexibility index (Phi) is 8.06. The summed E-state index contributed by atoms with van der Waals surface area (Å²) in [5, 5.41) is 3.18. The Labute approximate surface area is 237 Å².